The Morgan fingerprint density at radius 3 is 3.05 bits per heavy atom. The number of hydrogen-bond donors (Lipinski definition) is 2. The van der Waals surface area contributed by atoms with Gasteiger partial charge in [0.15, 0.2) is 0 Å². The maximum absolute atomic E-state index is 9.42. The molecule has 4 nitrogen and oxygen atoms in total. The second kappa shape index (κ2) is 6.68. The summed E-state index contributed by atoms with van der Waals surface area (Å²) in [6, 6.07) is 4.09. The van der Waals surface area contributed by atoms with Gasteiger partial charge in [-0.2, -0.15) is 0 Å². The Balaban J connectivity index is 2.21. The molecule has 2 aromatic heterocycles. The molecule has 0 saturated carbocycles. The van der Waals surface area contributed by atoms with E-state index in [4.69, 9.17) is 0 Å². The van der Waals surface area contributed by atoms with Crippen molar-refractivity contribution in [2.24, 2.45) is 0 Å². The van der Waals surface area contributed by atoms with Crippen molar-refractivity contribution < 1.29 is 5.11 Å². The fourth-order valence-electron chi connectivity index (χ4n) is 2.23. The molecule has 0 aliphatic carbocycles. The topological polar surface area (TPSA) is 50.1 Å². The van der Waals surface area contributed by atoms with Crippen LogP contribution in [0.15, 0.2) is 24.5 Å². The van der Waals surface area contributed by atoms with Gasteiger partial charge in [-0.15, -0.1) is 0 Å². The highest BCUT2D eigenvalue weighted by Gasteiger charge is 2.09. The van der Waals surface area contributed by atoms with Gasteiger partial charge in [0.05, 0.1) is 6.10 Å². The maximum atomic E-state index is 9.42. The van der Waals surface area contributed by atoms with Crippen LogP contribution in [0, 0.1) is 0 Å². The molecular formula is C15H23N3O. The van der Waals surface area contributed by atoms with E-state index in [1.807, 2.05) is 19.2 Å². The number of pyridine rings is 1. The van der Waals surface area contributed by atoms with Crippen molar-refractivity contribution in [2.45, 2.75) is 45.9 Å². The van der Waals surface area contributed by atoms with Crippen LogP contribution >= 0.6 is 0 Å². The van der Waals surface area contributed by atoms with Crippen LogP contribution in [0.4, 0.5) is 0 Å². The van der Waals surface area contributed by atoms with Crippen LogP contribution in [0.3, 0.4) is 0 Å². The van der Waals surface area contributed by atoms with Gasteiger partial charge in [0.2, 0.25) is 0 Å². The molecule has 104 valence electrons. The zero-order valence-corrected chi connectivity index (χ0v) is 11.8. The summed E-state index contributed by atoms with van der Waals surface area (Å²) in [4.78, 5) is 4.46. The Morgan fingerprint density at radius 1 is 1.47 bits per heavy atom. The fraction of sp³-hybridized carbons (Fsp3) is 0.533. The van der Waals surface area contributed by atoms with Gasteiger partial charge < -0.3 is 15.0 Å². The van der Waals surface area contributed by atoms with Gasteiger partial charge in [-0.3, -0.25) is 0 Å². The molecule has 0 radical (unpaired) electrons. The van der Waals surface area contributed by atoms with Crippen molar-refractivity contribution in [1.29, 1.82) is 0 Å². The van der Waals surface area contributed by atoms with Gasteiger partial charge in [-0.05, 0) is 44.0 Å². The molecule has 2 N–H and O–H groups in total. The van der Waals surface area contributed by atoms with Crippen molar-refractivity contribution in [3.63, 3.8) is 0 Å². The van der Waals surface area contributed by atoms with Gasteiger partial charge in [-0.25, -0.2) is 4.98 Å². The highest BCUT2D eigenvalue weighted by atomic mass is 16.3. The Morgan fingerprint density at radius 2 is 2.32 bits per heavy atom. The molecule has 0 spiro atoms. The molecule has 4 heteroatoms. The van der Waals surface area contributed by atoms with Crippen molar-refractivity contribution >= 4 is 11.0 Å². The lowest BCUT2D eigenvalue weighted by Crippen LogP contribution is -2.13. The molecule has 0 saturated heterocycles. The average Bonchev–Trinajstić information content (AvgIpc) is 2.76. The fourth-order valence-corrected chi connectivity index (χ4v) is 2.23. The number of aliphatic hydroxyl groups is 1. The molecule has 0 fully saturated rings. The first-order chi connectivity index (χ1) is 9.22. The van der Waals surface area contributed by atoms with Crippen molar-refractivity contribution in [2.75, 3.05) is 6.54 Å². The average molecular weight is 261 g/mol. The molecule has 1 unspecified atom stereocenters. The first-order valence-electron chi connectivity index (χ1n) is 7.04. The summed E-state index contributed by atoms with van der Waals surface area (Å²) in [6.07, 6.45) is 5.59. The van der Waals surface area contributed by atoms with Gasteiger partial charge in [0, 0.05) is 30.9 Å². The number of nitrogens with one attached hydrogen (secondary N) is 1. The van der Waals surface area contributed by atoms with Gasteiger partial charge >= 0.3 is 0 Å². The third-order valence-electron chi connectivity index (χ3n) is 3.25. The minimum absolute atomic E-state index is 0.275. The SMILES string of the molecule is CCCNCc1cn(CCC(C)O)c2ncccc12. The van der Waals surface area contributed by atoms with Crippen LogP contribution in [-0.4, -0.2) is 27.3 Å². The third kappa shape index (κ3) is 3.55. The Kier molecular flexibility index (Phi) is 4.93. The summed E-state index contributed by atoms with van der Waals surface area (Å²) in [7, 11) is 0. The van der Waals surface area contributed by atoms with E-state index in [0.717, 1.165) is 38.1 Å². The molecule has 19 heavy (non-hydrogen) atoms. The molecule has 1 atom stereocenters. The van der Waals surface area contributed by atoms with Gasteiger partial charge in [0.25, 0.3) is 0 Å². The predicted molar refractivity (Wildman–Crippen MR) is 78.0 cm³/mol. The minimum atomic E-state index is -0.275. The van der Waals surface area contributed by atoms with E-state index in [2.05, 4.69) is 34.1 Å². The number of aliphatic hydroxyl groups excluding tert-OH is 1. The van der Waals surface area contributed by atoms with Crippen LogP contribution in [-0.2, 0) is 13.1 Å². The van der Waals surface area contributed by atoms with E-state index in [1.165, 1.54) is 10.9 Å². The number of fused-ring (bicyclic) bond motifs is 1. The summed E-state index contributed by atoms with van der Waals surface area (Å²) < 4.78 is 2.14. The van der Waals surface area contributed by atoms with E-state index >= 15 is 0 Å². The van der Waals surface area contributed by atoms with Gasteiger partial charge in [0.1, 0.15) is 5.65 Å². The highest BCUT2D eigenvalue weighted by molar-refractivity contribution is 5.80. The Hall–Kier alpha value is -1.39. The number of hydrogen-bond acceptors (Lipinski definition) is 3. The summed E-state index contributed by atoms with van der Waals surface area (Å²) in [6.45, 7) is 6.70. The summed E-state index contributed by atoms with van der Waals surface area (Å²) >= 11 is 0. The largest absolute Gasteiger partial charge is 0.393 e. The Labute approximate surface area is 114 Å². The lowest BCUT2D eigenvalue weighted by Gasteiger charge is -2.06. The van der Waals surface area contributed by atoms with Crippen LogP contribution < -0.4 is 5.32 Å². The molecular weight excluding hydrogens is 238 g/mol. The summed E-state index contributed by atoms with van der Waals surface area (Å²) in [5.41, 5.74) is 2.29. The zero-order valence-electron chi connectivity index (χ0n) is 11.8. The molecule has 0 aromatic carbocycles. The van der Waals surface area contributed by atoms with Crippen LogP contribution in [0.5, 0.6) is 0 Å². The standard InChI is InChI=1S/C15H23N3O/c1-3-7-16-10-13-11-18(9-6-12(2)19)15-14(13)5-4-8-17-15/h4-5,8,11-12,16,19H,3,6-7,9-10H2,1-2H3. The summed E-state index contributed by atoms with van der Waals surface area (Å²) in [5.74, 6) is 0. The lowest BCUT2D eigenvalue weighted by atomic mass is 10.2. The second-order valence-electron chi connectivity index (χ2n) is 5.04. The summed E-state index contributed by atoms with van der Waals surface area (Å²) in [5, 5.41) is 14.1. The number of aryl methyl sites for hydroxylation is 1. The highest BCUT2D eigenvalue weighted by Crippen LogP contribution is 2.19. The van der Waals surface area contributed by atoms with Crippen LogP contribution in [0.25, 0.3) is 11.0 Å². The van der Waals surface area contributed by atoms with Crippen molar-refractivity contribution in [3.05, 3.63) is 30.1 Å². The second-order valence-corrected chi connectivity index (χ2v) is 5.04. The van der Waals surface area contributed by atoms with E-state index in [-0.39, 0.29) is 6.10 Å². The van der Waals surface area contributed by atoms with Gasteiger partial charge in [-0.1, -0.05) is 6.92 Å². The zero-order chi connectivity index (χ0) is 13.7. The van der Waals surface area contributed by atoms with Crippen molar-refractivity contribution in [3.8, 4) is 0 Å². The smallest absolute Gasteiger partial charge is 0.140 e. The molecule has 0 bridgehead atoms. The normalized spacial score (nSPS) is 13.0. The van der Waals surface area contributed by atoms with Crippen molar-refractivity contribution in [1.82, 2.24) is 14.9 Å². The molecule has 0 amide bonds. The molecule has 2 rings (SSSR count). The number of rotatable bonds is 7. The quantitative estimate of drug-likeness (QED) is 0.752. The third-order valence-corrected chi connectivity index (χ3v) is 3.25. The number of aromatic nitrogens is 2. The van der Waals surface area contributed by atoms with E-state index in [1.54, 1.807) is 0 Å². The minimum Gasteiger partial charge on any atom is -0.393 e. The van der Waals surface area contributed by atoms with Crippen LogP contribution in [0.1, 0.15) is 32.3 Å². The van der Waals surface area contributed by atoms with E-state index < -0.39 is 0 Å². The van der Waals surface area contributed by atoms with E-state index in [0.29, 0.717) is 0 Å². The Bertz CT molecular complexity index is 519. The first kappa shape index (κ1) is 14.0. The first-order valence-corrected chi connectivity index (χ1v) is 7.04. The predicted octanol–water partition coefficient (Wildman–Crippen LogP) is 2.31. The van der Waals surface area contributed by atoms with Crippen LogP contribution in [0.2, 0.25) is 0 Å². The molecule has 0 aliphatic rings. The number of nitrogens with zero attached hydrogens (tertiary/aromatic N) is 2. The van der Waals surface area contributed by atoms with E-state index in [9.17, 15) is 5.11 Å². The molecule has 0 aliphatic heterocycles. The maximum Gasteiger partial charge on any atom is 0.140 e. The lowest BCUT2D eigenvalue weighted by molar-refractivity contribution is 0.178. The monoisotopic (exact) mass is 261 g/mol. The molecule has 2 aromatic rings. The molecule has 2 heterocycles.